The molecule has 0 aliphatic carbocycles. The lowest BCUT2D eigenvalue weighted by Crippen LogP contribution is -1.98. The number of ether oxygens (including phenoxy) is 1. The molecule has 2 aromatic rings. The van der Waals surface area contributed by atoms with Gasteiger partial charge in [0.05, 0.1) is 23.5 Å². The molecule has 0 aromatic carbocycles. The Morgan fingerprint density at radius 2 is 2.40 bits per heavy atom. The molecule has 0 aliphatic heterocycles. The van der Waals surface area contributed by atoms with Gasteiger partial charge >= 0.3 is 0 Å². The van der Waals surface area contributed by atoms with Crippen LogP contribution >= 0.6 is 27.3 Å². The first-order valence-electron chi connectivity index (χ1n) is 4.15. The van der Waals surface area contributed by atoms with Gasteiger partial charge in [0.2, 0.25) is 11.8 Å². The van der Waals surface area contributed by atoms with Crippen molar-refractivity contribution >= 4 is 38.9 Å². The standard InChI is InChI=1S/C9H8BrN3OS/c1-14-8-7(10)4-11-9(13-8)12-6-2-3-15-5-6/h2-5H,1H3,(H,11,12,13). The third-order valence-electron chi connectivity index (χ3n) is 1.68. The first-order valence-corrected chi connectivity index (χ1v) is 5.89. The largest absolute Gasteiger partial charge is 0.480 e. The normalized spacial score (nSPS) is 10.0. The van der Waals surface area contributed by atoms with Gasteiger partial charge in [-0.25, -0.2) is 4.98 Å². The number of methoxy groups -OCH3 is 1. The number of thiophene rings is 1. The van der Waals surface area contributed by atoms with Crippen molar-refractivity contribution in [2.45, 2.75) is 0 Å². The number of nitrogens with one attached hydrogen (secondary N) is 1. The lowest BCUT2D eigenvalue weighted by molar-refractivity contribution is 0.394. The van der Waals surface area contributed by atoms with E-state index in [1.54, 1.807) is 24.6 Å². The van der Waals surface area contributed by atoms with Gasteiger partial charge in [-0.1, -0.05) is 0 Å². The zero-order valence-electron chi connectivity index (χ0n) is 7.90. The minimum absolute atomic E-state index is 0.516. The van der Waals surface area contributed by atoms with Crippen LogP contribution in [0.2, 0.25) is 0 Å². The average Bonchev–Trinajstić information content (AvgIpc) is 2.73. The van der Waals surface area contributed by atoms with Crippen molar-refractivity contribution in [1.29, 1.82) is 0 Å². The molecular weight excluding hydrogens is 278 g/mol. The van der Waals surface area contributed by atoms with Gasteiger partial charge in [-0.3, -0.25) is 0 Å². The molecule has 0 bridgehead atoms. The van der Waals surface area contributed by atoms with E-state index < -0.39 is 0 Å². The highest BCUT2D eigenvalue weighted by atomic mass is 79.9. The van der Waals surface area contributed by atoms with Crippen LogP contribution in [-0.2, 0) is 0 Å². The van der Waals surface area contributed by atoms with Crippen LogP contribution in [0.5, 0.6) is 5.88 Å². The molecule has 0 spiro atoms. The second kappa shape index (κ2) is 4.59. The fourth-order valence-electron chi connectivity index (χ4n) is 1.02. The van der Waals surface area contributed by atoms with E-state index in [0.717, 1.165) is 10.2 Å². The van der Waals surface area contributed by atoms with Crippen molar-refractivity contribution in [3.05, 3.63) is 27.5 Å². The summed E-state index contributed by atoms with van der Waals surface area (Å²) in [5.74, 6) is 1.04. The molecule has 0 fully saturated rings. The third kappa shape index (κ3) is 2.45. The zero-order chi connectivity index (χ0) is 10.7. The molecule has 0 radical (unpaired) electrons. The minimum atomic E-state index is 0.516. The van der Waals surface area contributed by atoms with Crippen LogP contribution in [0.4, 0.5) is 11.6 Å². The number of nitrogens with zero attached hydrogens (tertiary/aromatic N) is 2. The molecule has 0 aliphatic rings. The van der Waals surface area contributed by atoms with Crippen molar-refractivity contribution in [3.63, 3.8) is 0 Å². The molecule has 2 rings (SSSR count). The van der Waals surface area contributed by atoms with Crippen LogP contribution in [0.3, 0.4) is 0 Å². The summed E-state index contributed by atoms with van der Waals surface area (Å²) < 4.78 is 5.81. The summed E-state index contributed by atoms with van der Waals surface area (Å²) in [6, 6.07) is 1.96. The molecule has 1 N–H and O–H groups in total. The van der Waals surface area contributed by atoms with E-state index in [1.165, 1.54) is 0 Å². The Morgan fingerprint density at radius 3 is 3.07 bits per heavy atom. The number of halogens is 1. The van der Waals surface area contributed by atoms with Gasteiger partial charge in [0.1, 0.15) is 0 Å². The fraction of sp³-hybridized carbons (Fsp3) is 0.111. The first kappa shape index (κ1) is 10.4. The Kier molecular flexibility index (Phi) is 3.17. The maximum Gasteiger partial charge on any atom is 0.232 e. The quantitative estimate of drug-likeness (QED) is 0.942. The van der Waals surface area contributed by atoms with E-state index >= 15 is 0 Å². The predicted molar refractivity (Wildman–Crippen MR) is 63.9 cm³/mol. The maximum absolute atomic E-state index is 5.07. The number of hydrogen-bond donors (Lipinski definition) is 1. The number of hydrogen-bond acceptors (Lipinski definition) is 5. The van der Waals surface area contributed by atoms with E-state index in [2.05, 4.69) is 31.2 Å². The van der Waals surface area contributed by atoms with Gasteiger partial charge < -0.3 is 10.1 Å². The molecule has 0 atom stereocenters. The highest BCUT2D eigenvalue weighted by Gasteiger charge is 2.04. The molecular formula is C9H8BrN3OS. The van der Waals surface area contributed by atoms with E-state index in [4.69, 9.17) is 4.74 Å². The lowest BCUT2D eigenvalue weighted by Gasteiger charge is -2.05. The highest BCUT2D eigenvalue weighted by Crippen LogP contribution is 2.23. The first-order chi connectivity index (χ1) is 7.29. The molecule has 0 amide bonds. The highest BCUT2D eigenvalue weighted by molar-refractivity contribution is 9.10. The number of aromatic nitrogens is 2. The second-order valence-electron chi connectivity index (χ2n) is 2.69. The van der Waals surface area contributed by atoms with Gasteiger partial charge in [0.15, 0.2) is 0 Å². The minimum Gasteiger partial charge on any atom is -0.480 e. The van der Waals surface area contributed by atoms with Crippen molar-refractivity contribution in [1.82, 2.24) is 9.97 Å². The van der Waals surface area contributed by atoms with E-state index in [9.17, 15) is 0 Å². The fourth-order valence-corrected chi connectivity index (χ4v) is 1.96. The van der Waals surface area contributed by atoms with Gasteiger partial charge in [-0.2, -0.15) is 16.3 Å². The SMILES string of the molecule is COc1nc(Nc2ccsc2)ncc1Br. The van der Waals surface area contributed by atoms with Crippen LogP contribution in [-0.4, -0.2) is 17.1 Å². The molecule has 6 heteroatoms. The summed E-state index contributed by atoms with van der Waals surface area (Å²) in [5.41, 5.74) is 0.976. The summed E-state index contributed by atoms with van der Waals surface area (Å²) in [6.07, 6.45) is 1.65. The van der Waals surface area contributed by atoms with E-state index in [0.29, 0.717) is 11.8 Å². The molecule has 2 aromatic heterocycles. The van der Waals surface area contributed by atoms with Gasteiger partial charge in [0, 0.05) is 5.38 Å². The Morgan fingerprint density at radius 1 is 1.53 bits per heavy atom. The summed E-state index contributed by atoms with van der Waals surface area (Å²) >= 11 is 4.91. The van der Waals surface area contributed by atoms with E-state index in [-0.39, 0.29) is 0 Å². The Hall–Kier alpha value is -1.14. The molecule has 0 saturated heterocycles. The smallest absolute Gasteiger partial charge is 0.232 e. The lowest BCUT2D eigenvalue weighted by atomic mass is 10.5. The topological polar surface area (TPSA) is 47.0 Å². The van der Waals surface area contributed by atoms with Gasteiger partial charge in [0.25, 0.3) is 0 Å². The molecule has 78 valence electrons. The maximum atomic E-state index is 5.07. The van der Waals surface area contributed by atoms with Crippen LogP contribution in [0.25, 0.3) is 0 Å². The Labute approximate surface area is 99.5 Å². The second-order valence-corrected chi connectivity index (χ2v) is 4.32. The Bertz CT molecular complexity index is 447. The molecule has 4 nitrogen and oxygen atoms in total. The Balaban J connectivity index is 2.22. The number of rotatable bonds is 3. The van der Waals surface area contributed by atoms with Crippen LogP contribution < -0.4 is 10.1 Å². The van der Waals surface area contributed by atoms with Gasteiger partial charge in [-0.15, -0.1) is 0 Å². The van der Waals surface area contributed by atoms with Crippen LogP contribution in [0.1, 0.15) is 0 Å². The van der Waals surface area contributed by atoms with Crippen LogP contribution in [0.15, 0.2) is 27.5 Å². The third-order valence-corrected chi connectivity index (χ3v) is 2.91. The molecule has 2 heterocycles. The summed E-state index contributed by atoms with van der Waals surface area (Å²) in [5, 5.41) is 7.04. The predicted octanol–water partition coefficient (Wildman–Crippen LogP) is 3.05. The van der Waals surface area contributed by atoms with Gasteiger partial charge in [-0.05, 0) is 27.4 Å². The summed E-state index contributed by atoms with van der Waals surface area (Å²) in [6.45, 7) is 0. The van der Waals surface area contributed by atoms with Crippen molar-refractivity contribution in [3.8, 4) is 5.88 Å². The zero-order valence-corrected chi connectivity index (χ0v) is 10.3. The summed E-state index contributed by atoms with van der Waals surface area (Å²) in [7, 11) is 1.57. The van der Waals surface area contributed by atoms with Crippen molar-refractivity contribution in [2.75, 3.05) is 12.4 Å². The van der Waals surface area contributed by atoms with E-state index in [1.807, 2.05) is 16.8 Å². The monoisotopic (exact) mass is 285 g/mol. The van der Waals surface area contributed by atoms with Crippen molar-refractivity contribution < 1.29 is 4.74 Å². The summed E-state index contributed by atoms with van der Waals surface area (Å²) in [4.78, 5) is 8.30. The average molecular weight is 286 g/mol. The van der Waals surface area contributed by atoms with Crippen molar-refractivity contribution in [2.24, 2.45) is 0 Å². The number of anilines is 2. The van der Waals surface area contributed by atoms with Crippen LogP contribution in [0, 0.1) is 0 Å². The molecule has 0 saturated carbocycles. The molecule has 15 heavy (non-hydrogen) atoms. The molecule has 0 unspecified atom stereocenters.